The molecule has 0 unspecified atom stereocenters. The highest BCUT2D eigenvalue weighted by molar-refractivity contribution is 5.77. The zero-order valence-electron chi connectivity index (χ0n) is 8.81. The number of hydrogen-bond donors (Lipinski definition) is 2. The number of fused-ring (bicyclic) bond motifs is 1. The fourth-order valence-electron chi connectivity index (χ4n) is 1.61. The van der Waals surface area contributed by atoms with Crippen LogP contribution in [0.15, 0.2) is 47.4 Å². The van der Waals surface area contributed by atoms with Crippen LogP contribution >= 0.6 is 0 Å². The summed E-state index contributed by atoms with van der Waals surface area (Å²) in [6.07, 6.45) is 1.59. The first kappa shape index (κ1) is 9.65. The highest BCUT2D eigenvalue weighted by Gasteiger charge is 2.06. The maximum absolute atomic E-state index is 11.2. The predicted molar refractivity (Wildman–Crippen MR) is 63.2 cm³/mol. The summed E-state index contributed by atoms with van der Waals surface area (Å²) in [6.45, 7) is 0. The van der Waals surface area contributed by atoms with E-state index in [-0.39, 0.29) is 5.69 Å². The average Bonchev–Trinajstić information content (AvgIpc) is 2.72. The number of benzene rings is 1. The molecule has 2 aromatic heterocycles. The van der Waals surface area contributed by atoms with Crippen molar-refractivity contribution in [3.05, 3.63) is 53.1 Å². The Bertz CT molecular complexity index is 700. The lowest BCUT2D eigenvalue weighted by atomic mass is 10.3. The molecule has 0 saturated carbocycles. The van der Waals surface area contributed by atoms with Gasteiger partial charge in [0.15, 0.2) is 11.4 Å². The normalized spacial score (nSPS) is 10.6. The van der Waals surface area contributed by atoms with Gasteiger partial charge in [0.25, 0.3) is 0 Å². The largest absolute Gasteiger partial charge is 0.455 e. The van der Waals surface area contributed by atoms with Crippen molar-refractivity contribution >= 4 is 11.2 Å². The highest BCUT2D eigenvalue weighted by Crippen LogP contribution is 2.25. The second-order valence-electron chi connectivity index (χ2n) is 3.53. The number of nitrogens with zero attached hydrogens (tertiary/aromatic N) is 1. The van der Waals surface area contributed by atoms with Crippen molar-refractivity contribution in [2.24, 2.45) is 0 Å². The summed E-state index contributed by atoms with van der Waals surface area (Å²) in [6, 6.07) is 11.1. The molecule has 2 heterocycles. The van der Waals surface area contributed by atoms with Gasteiger partial charge in [-0.15, -0.1) is 0 Å². The molecule has 84 valence electrons. The minimum atomic E-state index is -0.295. The molecular formula is C12H9N3O2. The number of aromatic nitrogens is 3. The van der Waals surface area contributed by atoms with Gasteiger partial charge in [0.1, 0.15) is 11.3 Å². The van der Waals surface area contributed by atoms with Crippen LogP contribution in [0.3, 0.4) is 0 Å². The number of ether oxygens (including phenoxy) is 1. The molecular weight excluding hydrogens is 218 g/mol. The third-order valence-electron chi connectivity index (χ3n) is 2.35. The zero-order valence-corrected chi connectivity index (χ0v) is 8.81. The summed E-state index contributed by atoms with van der Waals surface area (Å²) in [5.41, 5.74) is 0.765. The van der Waals surface area contributed by atoms with E-state index in [4.69, 9.17) is 4.74 Å². The molecule has 0 amide bonds. The molecule has 0 atom stereocenters. The van der Waals surface area contributed by atoms with Crippen molar-refractivity contribution in [1.82, 2.24) is 15.0 Å². The van der Waals surface area contributed by atoms with E-state index < -0.39 is 0 Å². The maximum Gasteiger partial charge on any atom is 0.325 e. The number of pyridine rings is 1. The number of para-hydroxylation sites is 1. The minimum absolute atomic E-state index is 0.295. The fourth-order valence-corrected chi connectivity index (χ4v) is 1.61. The van der Waals surface area contributed by atoms with Crippen molar-refractivity contribution in [3.8, 4) is 11.5 Å². The molecule has 0 saturated heterocycles. The van der Waals surface area contributed by atoms with Gasteiger partial charge in [0.05, 0.1) is 0 Å². The van der Waals surface area contributed by atoms with Crippen LogP contribution < -0.4 is 10.4 Å². The Hall–Kier alpha value is -2.56. The Morgan fingerprint density at radius 3 is 2.71 bits per heavy atom. The first-order valence-corrected chi connectivity index (χ1v) is 5.13. The van der Waals surface area contributed by atoms with E-state index in [0.29, 0.717) is 22.7 Å². The molecule has 0 radical (unpaired) electrons. The van der Waals surface area contributed by atoms with Crippen LogP contribution in [0.1, 0.15) is 0 Å². The maximum atomic E-state index is 11.2. The Morgan fingerprint density at radius 1 is 1.06 bits per heavy atom. The molecule has 0 aliphatic heterocycles. The summed E-state index contributed by atoms with van der Waals surface area (Å²) < 4.78 is 5.67. The summed E-state index contributed by atoms with van der Waals surface area (Å²) >= 11 is 0. The van der Waals surface area contributed by atoms with Gasteiger partial charge in [-0.05, 0) is 12.1 Å². The Balaban J connectivity index is 2.09. The summed E-state index contributed by atoms with van der Waals surface area (Å²) in [5.74, 6) is 1.28. The van der Waals surface area contributed by atoms with Gasteiger partial charge in [0.2, 0.25) is 0 Å². The minimum Gasteiger partial charge on any atom is -0.455 e. The van der Waals surface area contributed by atoms with Gasteiger partial charge < -0.3 is 9.72 Å². The average molecular weight is 227 g/mol. The molecule has 0 fully saturated rings. The molecule has 3 rings (SSSR count). The standard InChI is InChI=1S/C12H9N3O2/c16-12-14-10-9(6-7-13-11(10)15-12)17-8-4-2-1-3-5-8/h1-7H,(H2,13,14,15,16). The topological polar surface area (TPSA) is 70.8 Å². The van der Waals surface area contributed by atoms with E-state index in [1.807, 2.05) is 30.3 Å². The van der Waals surface area contributed by atoms with E-state index in [0.717, 1.165) is 0 Å². The lowest BCUT2D eigenvalue weighted by Crippen LogP contribution is -1.99. The van der Waals surface area contributed by atoms with E-state index in [9.17, 15) is 4.79 Å². The molecule has 17 heavy (non-hydrogen) atoms. The SMILES string of the molecule is O=c1[nH]c2nccc(Oc3ccccc3)c2[nH]1. The molecule has 5 nitrogen and oxygen atoms in total. The van der Waals surface area contributed by atoms with Gasteiger partial charge in [-0.25, -0.2) is 9.78 Å². The van der Waals surface area contributed by atoms with Crippen molar-refractivity contribution < 1.29 is 4.74 Å². The highest BCUT2D eigenvalue weighted by atomic mass is 16.5. The molecule has 3 aromatic rings. The van der Waals surface area contributed by atoms with Crippen LogP contribution in [0.25, 0.3) is 11.2 Å². The Kier molecular flexibility index (Phi) is 2.15. The van der Waals surface area contributed by atoms with Crippen LogP contribution in [0.5, 0.6) is 11.5 Å². The second kappa shape index (κ2) is 3.79. The lowest BCUT2D eigenvalue weighted by Gasteiger charge is -2.05. The summed E-state index contributed by atoms with van der Waals surface area (Å²) in [5, 5.41) is 0. The summed E-state index contributed by atoms with van der Waals surface area (Å²) in [7, 11) is 0. The number of nitrogens with one attached hydrogen (secondary N) is 2. The second-order valence-corrected chi connectivity index (χ2v) is 3.53. The van der Waals surface area contributed by atoms with Crippen LogP contribution in [0, 0.1) is 0 Å². The smallest absolute Gasteiger partial charge is 0.325 e. The van der Waals surface area contributed by atoms with Gasteiger partial charge in [-0.1, -0.05) is 18.2 Å². The predicted octanol–water partition coefficient (Wildman–Crippen LogP) is 2.04. The van der Waals surface area contributed by atoms with Crippen molar-refractivity contribution in [2.75, 3.05) is 0 Å². The zero-order chi connectivity index (χ0) is 11.7. The van der Waals surface area contributed by atoms with Crippen LogP contribution in [-0.4, -0.2) is 15.0 Å². The first-order valence-electron chi connectivity index (χ1n) is 5.13. The molecule has 1 aromatic carbocycles. The monoisotopic (exact) mass is 227 g/mol. The van der Waals surface area contributed by atoms with Crippen molar-refractivity contribution in [3.63, 3.8) is 0 Å². The third-order valence-corrected chi connectivity index (χ3v) is 2.35. The molecule has 0 aliphatic carbocycles. The first-order chi connectivity index (χ1) is 8.33. The van der Waals surface area contributed by atoms with Crippen LogP contribution in [0.4, 0.5) is 0 Å². The van der Waals surface area contributed by atoms with E-state index in [1.165, 1.54) is 0 Å². The van der Waals surface area contributed by atoms with Crippen LogP contribution in [-0.2, 0) is 0 Å². The quantitative estimate of drug-likeness (QED) is 0.703. The number of H-pyrrole nitrogens is 2. The molecule has 0 aliphatic rings. The number of hydrogen-bond acceptors (Lipinski definition) is 3. The van der Waals surface area contributed by atoms with Gasteiger partial charge >= 0.3 is 5.69 Å². The van der Waals surface area contributed by atoms with E-state index >= 15 is 0 Å². The Morgan fingerprint density at radius 2 is 1.88 bits per heavy atom. The fraction of sp³-hybridized carbons (Fsp3) is 0. The van der Waals surface area contributed by atoms with Crippen molar-refractivity contribution in [2.45, 2.75) is 0 Å². The Labute approximate surface area is 96.1 Å². The van der Waals surface area contributed by atoms with Gasteiger partial charge in [-0.2, -0.15) is 0 Å². The number of rotatable bonds is 2. The number of aromatic amines is 2. The van der Waals surface area contributed by atoms with Crippen molar-refractivity contribution in [1.29, 1.82) is 0 Å². The lowest BCUT2D eigenvalue weighted by molar-refractivity contribution is 0.487. The van der Waals surface area contributed by atoms with E-state index in [1.54, 1.807) is 12.3 Å². The molecule has 0 spiro atoms. The van der Waals surface area contributed by atoms with E-state index in [2.05, 4.69) is 15.0 Å². The molecule has 0 bridgehead atoms. The third kappa shape index (κ3) is 1.78. The summed E-state index contributed by atoms with van der Waals surface area (Å²) in [4.78, 5) is 20.5. The van der Waals surface area contributed by atoms with Crippen LogP contribution in [0.2, 0.25) is 0 Å². The van der Waals surface area contributed by atoms with Gasteiger partial charge in [0, 0.05) is 12.3 Å². The molecule has 5 heteroatoms. The van der Waals surface area contributed by atoms with Gasteiger partial charge in [-0.3, -0.25) is 4.98 Å². The molecule has 2 N–H and O–H groups in total. The number of imidazole rings is 1.